The fourth-order valence-corrected chi connectivity index (χ4v) is 1.71. The zero-order valence-electron chi connectivity index (χ0n) is 8.05. The molecule has 0 bridgehead atoms. The second-order valence-electron chi connectivity index (χ2n) is 3.10. The van der Waals surface area contributed by atoms with Gasteiger partial charge in [-0.05, 0) is 12.1 Å². The Bertz CT molecular complexity index is 352. The molecule has 2 nitrogen and oxygen atoms in total. The number of rotatable bonds is 2. The summed E-state index contributed by atoms with van der Waals surface area (Å²) in [5.41, 5.74) is 0.818. The van der Waals surface area contributed by atoms with Gasteiger partial charge in [0.05, 0.1) is 0 Å². The number of nitrogens with zero attached hydrogens (tertiary/aromatic N) is 1. The zero-order valence-corrected chi connectivity index (χ0v) is 9.64. The fourth-order valence-electron chi connectivity index (χ4n) is 1.14. The number of alkyl halides is 1. The maximum atomic E-state index is 13.3. The smallest absolute Gasteiger partial charge is 0.253 e. The van der Waals surface area contributed by atoms with Crippen LogP contribution in [0.2, 0.25) is 0 Å². The molecule has 0 unspecified atom stereocenters. The fraction of sp³-hybridized carbons (Fsp3) is 0.300. The number of carbonyl (C=O) groups excluding carboxylic acids is 1. The van der Waals surface area contributed by atoms with Crippen LogP contribution in [0, 0.1) is 5.82 Å². The van der Waals surface area contributed by atoms with Crippen molar-refractivity contribution >= 4 is 21.8 Å². The quantitative estimate of drug-likeness (QED) is 0.748. The predicted octanol–water partition coefficient (Wildman–Crippen LogP) is 2.42. The molecule has 0 saturated carbocycles. The highest BCUT2D eigenvalue weighted by Gasteiger charge is 2.15. The summed E-state index contributed by atoms with van der Waals surface area (Å²) in [6, 6.07) is 4.52. The Morgan fingerprint density at radius 3 is 2.64 bits per heavy atom. The molecule has 0 aromatic heterocycles. The topological polar surface area (TPSA) is 20.3 Å². The second kappa shape index (κ2) is 4.55. The van der Waals surface area contributed by atoms with E-state index in [4.69, 9.17) is 0 Å². The van der Waals surface area contributed by atoms with Crippen LogP contribution in [0.3, 0.4) is 0 Å². The molecule has 0 heterocycles. The normalized spacial score (nSPS) is 10.0. The largest absolute Gasteiger partial charge is 0.345 e. The van der Waals surface area contributed by atoms with Gasteiger partial charge in [-0.25, -0.2) is 4.39 Å². The van der Waals surface area contributed by atoms with Gasteiger partial charge < -0.3 is 4.90 Å². The highest BCUT2D eigenvalue weighted by atomic mass is 79.9. The maximum Gasteiger partial charge on any atom is 0.253 e. The Labute approximate surface area is 90.8 Å². The lowest BCUT2D eigenvalue weighted by molar-refractivity contribution is 0.0826. The third kappa shape index (κ3) is 2.12. The number of hydrogen-bond acceptors (Lipinski definition) is 1. The molecular weight excluding hydrogens is 249 g/mol. The first kappa shape index (κ1) is 11.2. The van der Waals surface area contributed by atoms with Crippen LogP contribution in [-0.2, 0) is 5.33 Å². The van der Waals surface area contributed by atoms with Gasteiger partial charge in [-0.2, -0.15) is 0 Å². The molecule has 0 spiro atoms. The third-order valence-corrected chi connectivity index (χ3v) is 2.45. The van der Waals surface area contributed by atoms with Gasteiger partial charge in [-0.1, -0.05) is 22.0 Å². The van der Waals surface area contributed by atoms with Gasteiger partial charge in [-0.3, -0.25) is 4.79 Å². The van der Waals surface area contributed by atoms with Crippen molar-refractivity contribution < 1.29 is 9.18 Å². The molecule has 0 atom stereocenters. The summed E-state index contributed by atoms with van der Waals surface area (Å²) in [7, 11) is 3.29. The summed E-state index contributed by atoms with van der Waals surface area (Å²) >= 11 is 3.17. The van der Waals surface area contributed by atoms with E-state index in [-0.39, 0.29) is 11.7 Å². The van der Waals surface area contributed by atoms with E-state index in [0.29, 0.717) is 16.5 Å². The Balaban J connectivity index is 3.20. The van der Waals surface area contributed by atoms with Crippen LogP contribution in [-0.4, -0.2) is 24.9 Å². The highest BCUT2D eigenvalue weighted by molar-refractivity contribution is 9.08. The number of carbonyl (C=O) groups is 1. The van der Waals surface area contributed by atoms with Crippen LogP contribution >= 0.6 is 15.9 Å². The average molecular weight is 260 g/mol. The van der Waals surface area contributed by atoms with Crippen molar-refractivity contribution in [2.45, 2.75) is 5.33 Å². The molecular formula is C10H11BrFNO. The monoisotopic (exact) mass is 259 g/mol. The maximum absolute atomic E-state index is 13.3. The summed E-state index contributed by atoms with van der Waals surface area (Å²) in [4.78, 5) is 13.0. The van der Waals surface area contributed by atoms with Gasteiger partial charge in [0.2, 0.25) is 0 Å². The number of amides is 1. The molecule has 0 fully saturated rings. The highest BCUT2D eigenvalue weighted by Crippen LogP contribution is 2.17. The second-order valence-corrected chi connectivity index (χ2v) is 3.66. The lowest BCUT2D eigenvalue weighted by Gasteiger charge is -2.13. The summed E-state index contributed by atoms with van der Waals surface area (Å²) in [6.07, 6.45) is 0. The minimum absolute atomic E-state index is 0.182. The van der Waals surface area contributed by atoms with E-state index in [1.165, 1.54) is 17.0 Å². The van der Waals surface area contributed by atoms with E-state index in [1.807, 2.05) is 0 Å². The van der Waals surface area contributed by atoms with Gasteiger partial charge in [0.25, 0.3) is 5.91 Å². The van der Waals surface area contributed by atoms with E-state index in [0.717, 1.165) is 0 Å². The Morgan fingerprint density at radius 1 is 1.50 bits per heavy atom. The van der Waals surface area contributed by atoms with Crippen LogP contribution in [0.5, 0.6) is 0 Å². The molecule has 0 saturated heterocycles. The van der Waals surface area contributed by atoms with Gasteiger partial charge in [0.1, 0.15) is 5.82 Å². The lowest BCUT2D eigenvalue weighted by atomic mass is 10.1. The van der Waals surface area contributed by atoms with Crippen molar-refractivity contribution in [3.05, 3.63) is 35.1 Å². The van der Waals surface area contributed by atoms with Crippen LogP contribution in [0.15, 0.2) is 18.2 Å². The van der Waals surface area contributed by atoms with Gasteiger partial charge in [0.15, 0.2) is 0 Å². The van der Waals surface area contributed by atoms with Crippen LogP contribution in [0.1, 0.15) is 15.9 Å². The standard InChI is InChI=1S/C10H11BrFNO/c1-13(2)10(14)7-4-3-5-9(12)8(7)6-11/h3-5H,6H2,1-2H3. The summed E-state index contributed by atoms with van der Waals surface area (Å²) in [6.45, 7) is 0. The Hall–Kier alpha value is -0.900. The van der Waals surface area contributed by atoms with Crippen molar-refractivity contribution in [1.29, 1.82) is 0 Å². The van der Waals surface area contributed by atoms with Crippen molar-refractivity contribution in [3.8, 4) is 0 Å². The molecule has 0 aliphatic heterocycles. The molecule has 1 rings (SSSR count). The minimum atomic E-state index is -0.352. The molecule has 1 aromatic rings. The van der Waals surface area contributed by atoms with E-state index in [9.17, 15) is 9.18 Å². The lowest BCUT2D eigenvalue weighted by Crippen LogP contribution is -2.23. The van der Waals surface area contributed by atoms with Crippen molar-refractivity contribution in [1.82, 2.24) is 4.90 Å². The number of halogens is 2. The Kier molecular flexibility index (Phi) is 3.63. The minimum Gasteiger partial charge on any atom is -0.345 e. The molecule has 0 aliphatic carbocycles. The summed E-state index contributed by atoms with van der Waals surface area (Å²) in [5, 5.41) is 0.342. The van der Waals surface area contributed by atoms with Crippen molar-refractivity contribution in [2.75, 3.05) is 14.1 Å². The number of benzene rings is 1. The first-order valence-corrected chi connectivity index (χ1v) is 5.25. The van der Waals surface area contributed by atoms with E-state index in [1.54, 1.807) is 20.2 Å². The Morgan fingerprint density at radius 2 is 2.14 bits per heavy atom. The summed E-state index contributed by atoms with van der Waals surface area (Å²) < 4.78 is 13.3. The molecule has 1 aromatic carbocycles. The summed E-state index contributed by atoms with van der Waals surface area (Å²) in [5.74, 6) is -0.534. The van der Waals surface area contributed by atoms with Crippen LogP contribution in [0.25, 0.3) is 0 Å². The van der Waals surface area contributed by atoms with E-state index < -0.39 is 0 Å². The zero-order chi connectivity index (χ0) is 10.7. The molecule has 0 N–H and O–H groups in total. The first-order chi connectivity index (χ1) is 6.57. The SMILES string of the molecule is CN(C)C(=O)c1cccc(F)c1CBr. The predicted molar refractivity (Wildman–Crippen MR) is 57.0 cm³/mol. The molecule has 0 aliphatic rings. The van der Waals surface area contributed by atoms with Gasteiger partial charge in [-0.15, -0.1) is 0 Å². The van der Waals surface area contributed by atoms with Crippen LogP contribution < -0.4 is 0 Å². The molecule has 1 amide bonds. The molecule has 0 radical (unpaired) electrons. The number of hydrogen-bond donors (Lipinski definition) is 0. The molecule has 76 valence electrons. The molecule has 4 heteroatoms. The van der Waals surface area contributed by atoms with Gasteiger partial charge in [0, 0.05) is 30.6 Å². The average Bonchev–Trinajstić information content (AvgIpc) is 2.16. The third-order valence-electron chi connectivity index (χ3n) is 1.89. The van der Waals surface area contributed by atoms with E-state index in [2.05, 4.69) is 15.9 Å². The molecule has 14 heavy (non-hydrogen) atoms. The first-order valence-electron chi connectivity index (χ1n) is 4.13. The van der Waals surface area contributed by atoms with Crippen molar-refractivity contribution in [2.24, 2.45) is 0 Å². The van der Waals surface area contributed by atoms with Crippen LogP contribution in [0.4, 0.5) is 4.39 Å². The van der Waals surface area contributed by atoms with Crippen molar-refractivity contribution in [3.63, 3.8) is 0 Å². The van der Waals surface area contributed by atoms with Gasteiger partial charge >= 0.3 is 0 Å². The van der Waals surface area contributed by atoms with E-state index >= 15 is 0 Å².